The number of carboxylic acids is 1. The van der Waals surface area contributed by atoms with E-state index in [1.165, 1.54) is 22.3 Å². The molecule has 1 unspecified atom stereocenters. The molecule has 1 amide bonds. The topological polar surface area (TPSA) is 84.9 Å². The number of amides is 1. The summed E-state index contributed by atoms with van der Waals surface area (Å²) in [6.07, 6.45) is 1.07. The molecule has 0 fully saturated rings. The Balaban J connectivity index is 1.24. The minimum Gasteiger partial charge on any atom is -0.482 e. The monoisotopic (exact) mass is 505 g/mol. The number of fused-ring (bicyclic) bond motifs is 5. The van der Waals surface area contributed by atoms with Crippen LogP contribution >= 0.6 is 0 Å². The van der Waals surface area contributed by atoms with E-state index in [9.17, 15) is 9.59 Å². The van der Waals surface area contributed by atoms with Crippen LogP contribution in [0.2, 0.25) is 0 Å². The molecular weight excluding hydrogens is 478 g/mol. The number of nitrogens with one attached hydrogen (secondary N) is 1. The Kier molecular flexibility index (Phi) is 6.30. The zero-order valence-electron chi connectivity index (χ0n) is 20.7. The summed E-state index contributed by atoms with van der Waals surface area (Å²) in [4.78, 5) is 24.2. The average Bonchev–Trinajstić information content (AvgIpc) is 3.18. The van der Waals surface area contributed by atoms with Crippen molar-refractivity contribution in [2.45, 2.75) is 24.8 Å². The molecule has 1 atom stereocenters. The number of carboxylic acid groups (broad SMARTS) is 1. The lowest BCUT2D eigenvalue weighted by Crippen LogP contribution is -2.31. The summed E-state index contributed by atoms with van der Waals surface area (Å²) in [5.41, 5.74) is 8.84. The Hall–Kier alpha value is -4.58. The number of carbonyl (C=O) groups is 2. The van der Waals surface area contributed by atoms with Gasteiger partial charge < -0.3 is 19.9 Å². The van der Waals surface area contributed by atoms with Gasteiger partial charge in [-0.15, -0.1) is 0 Å². The molecule has 2 N–H and O–H groups in total. The molecule has 0 aliphatic heterocycles. The number of ether oxygens (including phenoxy) is 2. The Morgan fingerprint density at radius 2 is 1.37 bits per heavy atom. The van der Waals surface area contributed by atoms with Crippen molar-refractivity contribution < 1.29 is 24.2 Å². The first-order chi connectivity index (χ1) is 18.6. The zero-order valence-corrected chi connectivity index (χ0v) is 20.7. The number of benzene rings is 4. The Morgan fingerprint density at radius 1 is 0.763 bits per heavy atom. The largest absolute Gasteiger partial charge is 0.482 e. The maximum Gasteiger partial charge on any atom is 0.407 e. The summed E-state index contributed by atoms with van der Waals surface area (Å²) in [5, 5.41) is 12.1. The number of aliphatic carboxylic acids is 1. The molecule has 0 heterocycles. The highest BCUT2D eigenvalue weighted by atomic mass is 16.5. The van der Waals surface area contributed by atoms with Gasteiger partial charge in [0.15, 0.2) is 6.61 Å². The first-order valence-electron chi connectivity index (χ1n) is 12.7. The third kappa shape index (κ3) is 4.50. The third-order valence-electron chi connectivity index (χ3n) is 7.42. The van der Waals surface area contributed by atoms with E-state index < -0.39 is 24.7 Å². The van der Waals surface area contributed by atoms with Gasteiger partial charge in [0.2, 0.25) is 0 Å². The van der Waals surface area contributed by atoms with Crippen molar-refractivity contribution in [1.29, 1.82) is 0 Å². The van der Waals surface area contributed by atoms with E-state index >= 15 is 0 Å². The molecule has 6 heteroatoms. The van der Waals surface area contributed by atoms with Crippen LogP contribution in [0.3, 0.4) is 0 Å². The van der Waals surface area contributed by atoms with Crippen molar-refractivity contribution in [1.82, 2.24) is 5.32 Å². The van der Waals surface area contributed by atoms with Crippen LogP contribution in [0.5, 0.6) is 5.75 Å². The van der Waals surface area contributed by atoms with E-state index in [0.29, 0.717) is 5.75 Å². The normalized spacial score (nSPS) is 15.3. The lowest BCUT2D eigenvalue weighted by atomic mass is 9.94. The molecule has 2 aliphatic carbocycles. The van der Waals surface area contributed by atoms with Gasteiger partial charge in [0.05, 0.1) is 6.04 Å². The van der Waals surface area contributed by atoms with Crippen LogP contribution in [0.25, 0.3) is 11.1 Å². The summed E-state index contributed by atoms with van der Waals surface area (Å²) >= 11 is 0. The van der Waals surface area contributed by atoms with Gasteiger partial charge in [-0.25, -0.2) is 9.59 Å². The SMILES string of the molecule is O=C(O)COc1ccc2c(c1)CCc1ccccc1C2NC(=O)OCC1c2ccccc2-c2ccccc21. The number of rotatable bonds is 6. The first kappa shape index (κ1) is 23.8. The predicted octanol–water partition coefficient (Wildman–Crippen LogP) is 5.88. The fourth-order valence-electron chi connectivity index (χ4n) is 5.71. The molecule has 2 aliphatic rings. The molecule has 38 heavy (non-hydrogen) atoms. The average molecular weight is 506 g/mol. The van der Waals surface area contributed by atoms with Crippen LogP contribution in [-0.4, -0.2) is 30.4 Å². The van der Waals surface area contributed by atoms with E-state index in [2.05, 4.69) is 35.6 Å². The summed E-state index contributed by atoms with van der Waals surface area (Å²) in [7, 11) is 0. The number of aryl methyl sites for hydroxylation is 2. The standard InChI is InChI=1S/C32H27NO5/c34-30(35)19-37-22-15-16-24-21(17-22)14-13-20-7-1-2-8-23(20)31(24)33-32(36)38-18-29-27-11-5-3-9-25(27)26-10-4-6-12-28(26)29/h1-12,15-17,29,31H,13-14,18-19H2,(H,33,36)(H,34,35). The second-order valence-electron chi connectivity index (χ2n) is 9.64. The van der Waals surface area contributed by atoms with Gasteiger partial charge in [-0.1, -0.05) is 78.9 Å². The van der Waals surface area contributed by atoms with Gasteiger partial charge in [0.25, 0.3) is 0 Å². The van der Waals surface area contributed by atoms with Crippen LogP contribution in [0, 0.1) is 0 Å². The lowest BCUT2D eigenvalue weighted by molar-refractivity contribution is -0.139. The van der Waals surface area contributed by atoms with E-state index in [4.69, 9.17) is 14.6 Å². The van der Waals surface area contributed by atoms with E-state index in [0.717, 1.165) is 35.1 Å². The highest BCUT2D eigenvalue weighted by molar-refractivity contribution is 5.79. The maximum atomic E-state index is 13.2. The van der Waals surface area contributed by atoms with Gasteiger partial charge in [-0.2, -0.15) is 0 Å². The third-order valence-corrected chi connectivity index (χ3v) is 7.42. The van der Waals surface area contributed by atoms with Crippen molar-refractivity contribution in [3.8, 4) is 16.9 Å². The molecular formula is C32H27NO5. The van der Waals surface area contributed by atoms with Gasteiger partial charge in [0, 0.05) is 5.92 Å². The van der Waals surface area contributed by atoms with Crippen LogP contribution in [0.15, 0.2) is 91.0 Å². The fourth-order valence-corrected chi connectivity index (χ4v) is 5.71. The smallest absolute Gasteiger partial charge is 0.407 e. The van der Waals surface area contributed by atoms with Crippen molar-refractivity contribution in [2.75, 3.05) is 13.2 Å². The highest BCUT2D eigenvalue weighted by Crippen LogP contribution is 2.44. The number of hydrogen-bond donors (Lipinski definition) is 2. The summed E-state index contributed by atoms with van der Waals surface area (Å²) in [6.45, 7) is -0.163. The molecule has 0 saturated carbocycles. The lowest BCUT2D eigenvalue weighted by Gasteiger charge is -2.23. The van der Waals surface area contributed by atoms with Crippen molar-refractivity contribution in [2.24, 2.45) is 0 Å². The number of alkyl carbamates (subject to hydrolysis) is 1. The highest BCUT2D eigenvalue weighted by Gasteiger charge is 2.30. The van der Waals surface area contributed by atoms with Gasteiger partial charge in [0.1, 0.15) is 12.4 Å². The summed E-state index contributed by atoms with van der Waals surface area (Å²) in [6, 6.07) is 29.8. The summed E-state index contributed by atoms with van der Waals surface area (Å²) in [5.74, 6) is -0.546. The van der Waals surface area contributed by atoms with Crippen molar-refractivity contribution in [3.63, 3.8) is 0 Å². The quantitative estimate of drug-likeness (QED) is 0.342. The van der Waals surface area contributed by atoms with Crippen LogP contribution < -0.4 is 10.1 Å². The molecule has 0 bridgehead atoms. The zero-order chi connectivity index (χ0) is 26.1. The van der Waals surface area contributed by atoms with Crippen LogP contribution in [-0.2, 0) is 22.4 Å². The number of hydrogen-bond acceptors (Lipinski definition) is 4. The van der Waals surface area contributed by atoms with Gasteiger partial charge in [-0.05, 0) is 69.5 Å². The molecule has 4 aromatic carbocycles. The van der Waals surface area contributed by atoms with Gasteiger partial charge in [-0.3, -0.25) is 0 Å². The maximum absolute atomic E-state index is 13.2. The van der Waals surface area contributed by atoms with E-state index in [1.54, 1.807) is 6.07 Å². The summed E-state index contributed by atoms with van der Waals surface area (Å²) < 4.78 is 11.3. The Morgan fingerprint density at radius 3 is 2.08 bits per heavy atom. The van der Waals surface area contributed by atoms with Crippen LogP contribution in [0.4, 0.5) is 4.79 Å². The molecule has 0 spiro atoms. The molecule has 6 nitrogen and oxygen atoms in total. The molecule has 0 aromatic heterocycles. The Labute approximate surface area is 220 Å². The minimum absolute atomic E-state index is 0.0178. The molecule has 0 saturated heterocycles. The van der Waals surface area contributed by atoms with Crippen molar-refractivity contribution in [3.05, 3.63) is 124 Å². The first-order valence-corrected chi connectivity index (χ1v) is 12.7. The molecule has 4 aromatic rings. The Bertz CT molecular complexity index is 1480. The molecule has 0 radical (unpaired) electrons. The number of carbonyl (C=O) groups excluding carboxylic acids is 1. The van der Waals surface area contributed by atoms with E-state index in [1.807, 2.05) is 54.6 Å². The molecule has 190 valence electrons. The minimum atomic E-state index is -1.03. The van der Waals surface area contributed by atoms with Crippen molar-refractivity contribution >= 4 is 12.1 Å². The fraction of sp³-hybridized carbons (Fsp3) is 0.188. The van der Waals surface area contributed by atoms with E-state index in [-0.39, 0.29) is 12.5 Å². The second-order valence-corrected chi connectivity index (χ2v) is 9.64. The molecule has 6 rings (SSSR count). The van der Waals surface area contributed by atoms with Gasteiger partial charge >= 0.3 is 12.1 Å². The van der Waals surface area contributed by atoms with Crippen LogP contribution in [0.1, 0.15) is 45.3 Å². The predicted molar refractivity (Wildman–Crippen MR) is 143 cm³/mol. The second kappa shape index (κ2) is 10.1.